The van der Waals surface area contributed by atoms with Crippen molar-refractivity contribution in [3.8, 4) is 0 Å². The minimum absolute atomic E-state index is 0.650. The van der Waals surface area contributed by atoms with E-state index in [1.165, 1.54) is 77.0 Å². The van der Waals surface area contributed by atoms with Gasteiger partial charge in [-0.1, -0.05) is 77.6 Å². The molecule has 0 atom stereocenters. The highest BCUT2D eigenvalue weighted by Gasteiger charge is 2.00. The largest absolute Gasteiger partial charge is 0.323 e. The van der Waals surface area contributed by atoms with Gasteiger partial charge in [0.25, 0.3) is 6.73 Å². The molecular weight excluding hydrogens is 350 g/mol. The van der Waals surface area contributed by atoms with Crippen LogP contribution in [0.3, 0.4) is 0 Å². The maximum atomic E-state index is 5.71. The van der Waals surface area contributed by atoms with Crippen LogP contribution >= 0.6 is 15.9 Å². The third-order valence-electron chi connectivity index (χ3n) is 4.20. The maximum absolute atomic E-state index is 5.71. The number of ether oxygens (including phenoxy) is 1. The molecule has 0 saturated carbocycles. The van der Waals surface area contributed by atoms with Crippen LogP contribution in [-0.4, -0.2) is 6.61 Å². The van der Waals surface area contributed by atoms with Gasteiger partial charge in [-0.15, -0.1) is 0 Å². The van der Waals surface area contributed by atoms with Crippen LogP contribution in [0.5, 0.6) is 0 Å². The molecule has 0 unspecified atom stereocenters. The van der Waals surface area contributed by atoms with Crippen LogP contribution in [-0.2, 0) is 11.5 Å². The van der Waals surface area contributed by atoms with Crippen molar-refractivity contribution in [3.63, 3.8) is 0 Å². The Hall–Kier alpha value is -0.410. The average molecular weight is 385 g/mol. The Labute approximate surface area is 151 Å². The lowest BCUT2D eigenvalue weighted by molar-refractivity contribution is -0.733. The second kappa shape index (κ2) is 15.1. The van der Waals surface area contributed by atoms with E-state index in [4.69, 9.17) is 4.74 Å². The number of nitrogens with zero attached hydrogens (tertiary/aromatic N) is 1. The number of pyridine rings is 1. The van der Waals surface area contributed by atoms with Gasteiger partial charge in [-0.05, 0) is 28.4 Å². The number of halogens is 1. The molecule has 0 aliphatic heterocycles. The first-order valence-electron chi connectivity index (χ1n) is 9.55. The van der Waals surface area contributed by atoms with Crippen molar-refractivity contribution < 1.29 is 9.30 Å². The predicted molar refractivity (Wildman–Crippen MR) is 101 cm³/mol. The molecule has 2 nitrogen and oxygen atoms in total. The van der Waals surface area contributed by atoms with Gasteiger partial charge in [0.1, 0.15) is 0 Å². The predicted octanol–water partition coefficient (Wildman–Crippen LogP) is 6.41. The minimum atomic E-state index is 0.650. The van der Waals surface area contributed by atoms with E-state index in [0.717, 1.165) is 11.1 Å². The molecule has 0 aromatic carbocycles. The van der Waals surface area contributed by atoms with E-state index in [1.807, 2.05) is 24.5 Å². The summed E-state index contributed by atoms with van der Waals surface area (Å²) in [4.78, 5) is 0. The summed E-state index contributed by atoms with van der Waals surface area (Å²) in [7, 11) is 0. The zero-order valence-electron chi connectivity index (χ0n) is 14.9. The fraction of sp³-hybridized carbons (Fsp3) is 0.750. The van der Waals surface area contributed by atoms with Crippen LogP contribution in [0.2, 0.25) is 0 Å². The summed E-state index contributed by atoms with van der Waals surface area (Å²) < 4.78 is 8.86. The van der Waals surface area contributed by atoms with Crippen LogP contribution < -0.4 is 4.57 Å². The highest BCUT2D eigenvalue weighted by Crippen LogP contribution is 2.11. The third kappa shape index (κ3) is 12.7. The number of aromatic nitrogens is 1. The lowest BCUT2D eigenvalue weighted by Crippen LogP contribution is -2.34. The molecule has 0 saturated heterocycles. The molecule has 0 aliphatic rings. The monoisotopic (exact) mass is 384 g/mol. The molecule has 3 heteroatoms. The molecule has 0 bridgehead atoms. The lowest BCUT2D eigenvalue weighted by atomic mass is 10.1. The molecule has 0 amide bonds. The SMILES string of the molecule is CCCCCCCCCCCCCCOC[n+]1cccc(Br)c1. The fourth-order valence-electron chi connectivity index (χ4n) is 2.79. The zero-order valence-corrected chi connectivity index (χ0v) is 16.5. The van der Waals surface area contributed by atoms with Crippen LogP contribution in [0.1, 0.15) is 84.0 Å². The highest BCUT2D eigenvalue weighted by atomic mass is 79.9. The van der Waals surface area contributed by atoms with Gasteiger partial charge >= 0.3 is 0 Å². The van der Waals surface area contributed by atoms with Crippen LogP contribution in [0.4, 0.5) is 0 Å². The summed E-state index contributed by atoms with van der Waals surface area (Å²) >= 11 is 3.47. The molecule has 1 aromatic rings. The highest BCUT2D eigenvalue weighted by molar-refractivity contribution is 9.10. The summed E-state index contributed by atoms with van der Waals surface area (Å²) in [6.07, 6.45) is 20.7. The first-order valence-corrected chi connectivity index (χ1v) is 10.3. The summed E-state index contributed by atoms with van der Waals surface area (Å²) in [5, 5.41) is 0. The van der Waals surface area contributed by atoms with Gasteiger partial charge < -0.3 is 4.74 Å². The molecule has 0 radical (unpaired) electrons. The Morgan fingerprint density at radius 2 is 1.43 bits per heavy atom. The van der Waals surface area contributed by atoms with E-state index >= 15 is 0 Å². The Morgan fingerprint density at radius 3 is 2.00 bits per heavy atom. The van der Waals surface area contributed by atoms with Gasteiger partial charge in [0.05, 0.1) is 11.1 Å². The Bertz CT molecular complexity index is 384. The Balaban J connectivity index is 1.78. The molecule has 0 N–H and O–H groups in total. The molecule has 0 spiro atoms. The molecule has 1 heterocycles. The van der Waals surface area contributed by atoms with Crippen LogP contribution in [0.25, 0.3) is 0 Å². The van der Waals surface area contributed by atoms with Crippen molar-refractivity contribution in [1.82, 2.24) is 0 Å². The van der Waals surface area contributed by atoms with Crippen molar-refractivity contribution in [1.29, 1.82) is 0 Å². The van der Waals surface area contributed by atoms with Crippen molar-refractivity contribution >= 4 is 15.9 Å². The molecule has 0 aliphatic carbocycles. The first kappa shape index (κ1) is 20.6. The number of hydrogen-bond donors (Lipinski definition) is 0. The fourth-order valence-corrected chi connectivity index (χ4v) is 3.20. The molecule has 132 valence electrons. The van der Waals surface area contributed by atoms with Gasteiger partial charge in [0, 0.05) is 6.07 Å². The van der Waals surface area contributed by atoms with Crippen molar-refractivity contribution in [2.45, 2.75) is 90.7 Å². The van der Waals surface area contributed by atoms with Gasteiger partial charge in [-0.3, -0.25) is 0 Å². The van der Waals surface area contributed by atoms with E-state index < -0.39 is 0 Å². The summed E-state index contributed by atoms with van der Waals surface area (Å²) in [5.41, 5.74) is 0. The maximum Gasteiger partial charge on any atom is 0.252 e. The van der Waals surface area contributed by atoms with Gasteiger partial charge in [0.2, 0.25) is 0 Å². The quantitative estimate of drug-likeness (QED) is 0.251. The first-order chi connectivity index (χ1) is 11.3. The van der Waals surface area contributed by atoms with Crippen LogP contribution in [0, 0.1) is 0 Å². The lowest BCUT2D eigenvalue weighted by Gasteiger charge is -2.03. The number of unbranched alkanes of at least 4 members (excludes halogenated alkanes) is 11. The second-order valence-electron chi connectivity index (χ2n) is 6.46. The molecule has 1 rings (SSSR count). The molecular formula is C20H35BrNO+. The Morgan fingerprint density at radius 1 is 0.870 bits per heavy atom. The topological polar surface area (TPSA) is 13.1 Å². The van der Waals surface area contributed by atoms with Crippen molar-refractivity contribution in [2.75, 3.05) is 6.61 Å². The smallest absolute Gasteiger partial charge is 0.252 e. The number of rotatable bonds is 15. The second-order valence-corrected chi connectivity index (χ2v) is 7.38. The van der Waals surface area contributed by atoms with E-state index in [0.29, 0.717) is 6.73 Å². The summed E-state index contributed by atoms with van der Waals surface area (Å²) in [6.45, 7) is 3.80. The standard InChI is InChI=1S/C20H35BrNO/c1-2-3-4-5-6-7-8-9-10-11-12-13-17-23-19-22-16-14-15-20(21)18-22/h14-16,18H,2-13,17,19H2,1H3/q+1. The zero-order chi connectivity index (χ0) is 16.6. The molecule has 1 aromatic heterocycles. The van der Waals surface area contributed by atoms with Gasteiger partial charge in [-0.2, -0.15) is 4.57 Å². The van der Waals surface area contributed by atoms with E-state index in [2.05, 4.69) is 27.4 Å². The molecule has 0 fully saturated rings. The summed E-state index contributed by atoms with van der Waals surface area (Å²) in [5.74, 6) is 0. The minimum Gasteiger partial charge on any atom is -0.323 e. The summed E-state index contributed by atoms with van der Waals surface area (Å²) in [6, 6.07) is 4.05. The Kier molecular flexibility index (Phi) is 13.6. The van der Waals surface area contributed by atoms with Crippen LogP contribution in [0.15, 0.2) is 29.0 Å². The van der Waals surface area contributed by atoms with Crippen molar-refractivity contribution in [2.24, 2.45) is 0 Å². The average Bonchev–Trinajstić information content (AvgIpc) is 2.55. The van der Waals surface area contributed by atoms with E-state index in [-0.39, 0.29) is 0 Å². The van der Waals surface area contributed by atoms with Gasteiger partial charge in [0.15, 0.2) is 12.4 Å². The van der Waals surface area contributed by atoms with Crippen molar-refractivity contribution in [3.05, 3.63) is 29.0 Å². The molecule has 23 heavy (non-hydrogen) atoms. The van der Waals surface area contributed by atoms with E-state index in [9.17, 15) is 0 Å². The normalized spacial score (nSPS) is 11.0. The third-order valence-corrected chi connectivity index (χ3v) is 4.67. The van der Waals surface area contributed by atoms with Gasteiger partial charge in [-0.25, -0.2) is 0 Å². The number of hydrogen-bond acceptors (Lipinski definition) is 1. The van der Waals surface area contributed by atoms with E-state index in [1.54, 1.807) is 0 Å².